The van der Waals surface area contributed by atoms with E-state index in [1.807, 2.05) is 6.92 Å². The summed E-state index contributed by atoms with van der Waals surface area (Å²) >= 11 is 0. The average molecular weight is 294 g/mol. The molecule has 0 aliphatic heterocycles. The van der Waals surface area contributed by atoms with E-state index in [-0.39, 0.29) is 23.0 Å². The van der Waals surface area contributed by atoms with Crippen molar-refractivity contribution >= 4 is 17.3 Å². The Bertz CT molecular complexity index is 505. The first kappa shape index (κ1) is 16.9. The molecule has 0 fully saturated rings. The minimum Gasteiger partial charge on any atom is -0.349 e. The third kappa shape index (κ3) is 4.71. The number of anilines is 1. The van der Waals surface area contributed by atoms with Gasteiger partial charge in [-0.2, -0.15) is 0 Å². The largest absolute Gasteiger partial charge is 0.349 e. The van der Waals surface area contributed by atoms with Crippen LogP contribution in [0.2, 0.25) is 0 Å². The molecule has 116 valence electrons. The Morgan fingerprint density at radius 1 is 1.43 bits per heavy atom. The van der Waals surface area contributed by atoms with Crippen molar-refractivity contribution in [3.8, 4) is 0 Å². The minimum atomic E-state index is -0.605. The number of nitro benzene ring substituents is 1. The number of para-hydroxylation sites is 1. The van der Waals surface area contributed by atoms with Gasteiger partial charge in [-0.15, -0.1) is 0 Å². The van der Waals surface area contributed by atoms with Crippen LogP contribution in [0.3, 0.4) is 0 Å². The summed E-state index contributed by atoms with van der Waals surface area (Å²) in [4.78, 5) is 22.7. The van der Waals surface area contributed by atoms with Crippen molar-refractivity contribution < 1.29 is 9.72 Å². The summed E-state index contributed by atoms with van der Waals surface area (Å²) in [5, 5.41) is 13.9. The van der Waals surface area contributed by atoms with E-state index in [1.54, 1.807) is 6.07 Å². The predicted molar refractivity (Wildman–Crippen MR) is 82.0 cm³/mol. The van der Waals surface area contributed by atoms with Gasteiger partial charge in [0.2, 0.25) is 0 Å². The third-order valence-corrected chi connectivity index (χ3v) is 3.24. The third-order valence-electron chi connectivity index (χ3n) is 3.24. The molecule has 7 nitrogen and oxygen atoms in total. The molecule has 1 atom stereocenters. The molecule has 0 heterocycles. The number of hydrogen-bond donors (Lipinski definition) is 3. The van der Waals surface area contributed by atoms with Crippen LogP contribution in [0, 0.1) is 10.1 Å². The number of carbonyl (C=O) groups is 1. The van der Waals surface area contributed by atoms with Gasteiger partial charge < -0.3 is 10.7 Å². The van der Waals surface area contributed by atoms with Crippen molar-refractivity contribution in [2.45, 2.75) is 45.6 Å². The van der Waals surface area contributed by atoms with Crippen molar-refractivity contribution in [1.82, 2.24) is 5.32 Å². The fraction of sp³-hybridized carbons (Fsp3) is 0.500. The van der Waals surface area contributed by atoms with Gasteiger partial charge in [-0.25, -0.2) is 0 Å². The van der Waals surface area contributed by atoms with Crippen LogP contribution in [0.5, 0.6) is 0 Å². The average Bonchev–Trinajstić information content (AvgIpc) is 2.46. The topological polar surface area (TPSA) is 110 Å². The van der Waals surface area contributed by atoms with E-state index < -0.39 is 10.8 Å². The second kappa shape index (κ2) is 8.21. The lowest BCUT2D eigenvalue weighted by Gasteiger charge is -2.14. The highest BCUT2D eigenvalue weighted by Gasteiger charge is 2.24. The monoisotopic (exact) mass is 294 g/mol. The van der Waals surface area contributed by atoms with Crippen molar-refractivity contribution in [3.05, 3.63) is 33.9 Å². The number of nitrogens with two attached hydrogens (primary N) is 1. The predicted octanol–water partition coefficient (Wildman–Crippen LogP) is 2.58. The van der Waals surface area contributed by atoms with Gasteiger partial charge in [0.25, 0.3) is 5.91 Å². The minimum absolute atomic E-state index is 0.0118. The summed E-state index contributed by atoms with van der Waals surface area (Å²) in [6.07, 6.45) is 4.08. The number of hydrazine groups is 1. The normalized spacial score (nSPS) is 11.8. The first-order chi connectivity index (χ1) is 10.0. The van der Waals surface area contributed by atoms with Crippen molar-refractivity contribution in [2.24, 2.45) is 5.84 Å². The number of rotatable bonds is 8. The molecule has 1 amide bonds. The Morgan fingerprint density at radius 2 is 2.14 bits per heavy atom. The first-order valence-corrected chi connectivity index (χ1v) is 7.06. The van der Waals surface area contributed by atoms with E-state index in [4.69, 9.17) is 5.84 Å². The highest BCUT2D eigenvalue weighted by Crippen LogP contribution is 2.27. The number of nitrogens with one attached hydrogen (secondary N) is 2. The molecule has 0 bridgehead atoms. The fourth-order valence-electron chi connectivity index (χ4n) is 2.11. The van der Waals surface area contributed by atoms with E-state index >= 15 is 0 Å². The smallest absolute Gasteiger partial charge is 0.306 e. The van der Waals surface area contributed by atoms with Gasteiger partial charge >= 0.3 is 5.69 Å². The zero-order valence-corrected chi connectivity index (χ0v) is 12.4. The molecule has 4 N–H and O–H groups in total. The second-order valence-corrected chi connectivity index (χ2v) is 4.97. The van der Waals surface area contributed by atoms with Crippen LogP contribution >= 0.6 is 0 Å². The Hall–Kier alpha value is -2.15. The number of amides is 1. The quantitative estimate of drug-likeness (QED) is 0.295. The van der Waals surface area contributed by atoms with Crippen molar-refractivity contribution in [3.63, 3.8) is 0 Å². The molecular formula is C14H22N4O3. The zero-order chi connectivity index (χ0) is 15.8. The number of nitro groups is 1. The highest BCUT2D eigenvalue weighted by molar-refractivity contribution is 6.00. The van der Waals surface area contributed by atoms with Crippen LogP contribution in [0.1, 0.15) is 49.9 Å². The van der Waals surface area contributed by atoms with Gasteiger partial charge in [0, 0.05) is 6.04 Å². The molecular weight excluding hydrogens is 272 g/mol. The second-order valence-electron chi connectivity index (χ2n) is 4.97. The van der Waals surface area contributed by atoms with Gasteiger partial charge in [0.05, 0.1) is 4.92 Å². The van der Waals surface area contributed by atoms with Gasteiger partial charge in [-0.05, 0) is 25.5 Å². The molecule has 0 saturated carbocycles. The number of nitrogens with zero attached hydrogens (tertiary/aromatic N) is 1. The lowest BCUT2D eigenvalue weighted by molar-refractivity contribution is -0.384. The number of benzene rings is 1. The van der Waals surface area contributed by atoms with Gasteiger partial charge in [0.15, 0.2) is 0 Å². The molecule has 0 aromatic heterocycles. The van der Waals surface area contributed by atoms with E-state index in [0.717, 1.165) is 25.7 Å². The maximum absolute atomic E-state index is 12.2. The van der Waals surface area contributed by atoms with Gasteiger partial charge in [-0.3, -0.25) is 20.8 Å². The Morgan fingerprint density at radius 3 is 2.71 bits per heavy atom. The fourth-order valence-corrected chi connectivity index (χ4v) is 2.11. The molecule has 7 heteroatoms. The Kier molecular flexibility index (Phi) is 6.61. The van der Waals surface area contributed by atoms with E-state index in [1.165, 1.54) is 12.1 Å². The maximum Gasteiger partial charge on any atom is 0.306 e. The zero-order valence-electron chi connectivity index (χ0n) is 12.4. The number of unbranched alkanes of at least 4 members (excludes halogenated alkanes) is 2. The lowest BCUT2D eigenvalue weighted by Crippen LogP contribution is -2.33. The molecule has 1 aromatic carbocycles. The molecule has 21 heavy (non-hydrogen) atoms. The van der Waals surface area contributed by atoms with Gasteiger partial charge in [0.1, 0.15) is 11.3 Å². The van der Waals surface area contributed by atoms with Crippen LogP contribution in [-0.2, 0) is 0 Å². The van der Waals surface area contributed by atoms with Crippen LogP contribution in [0.25, 0.3) is 0 Å². The molecule has 0 saturated heterocycles. The van der Waals surface area contributed by atoms with Crippen LogP contribution in [0.15, 0.2) is 18.2 Å². The molecule has 1 rings (SSSR count). The van der Waals surface area contributed by atoms with Crippen LogP contribution < -0.4 is 16.6 Å². The van der Waals surface area contributed by atoms with Gasteiger partial charge in [-0.1, -0.05) is 32.3 Å². The molecule has 1 aromatic rings. The Labute approximate surface area is 124 Å². The first-order valence-electron chi connectivity index (χ1n) is 7.06. The molecule has 0 spiro atoms. The van der Waals surface area contributed by atoms with Crippen molar-refractivity contribution in [2.75, 3.05) is 5.43 Å². The van der Waals surface area contributed by atoms with Crippen molar-refractivity contribution in [1.29, 1.82) is 0 Å². The maximum atomic E-state index is 12.2. The lowest BCUT2D eigenvalue weighted by atomic mass is 10.1. The standard InChI is InChI=1S/C14H22N4O3/c1-3-4-5-7-10(2)16-14(19)11-8-6-9-12(17-15)13(11)18(20)21/h6,8-10,17H,3-5,7,15H2,1-2H3,(H,16,19). The molecule has 0 aliphatic rings. The SMILES string of the molecule is CCCCCC(C)NC(=O)c1cccc(NN)c1[N+](=O)[O-]. The summed E-state index contributed by atoms with van der Waals surface area (Å²) in [6, 6.07) is 4.41. The number of hydrogen-bond acceptors (Lipinski definition) is 5. The van der Waals surface area contributed by atoms with E-state index in [0.29, 0.717) is 0 Å². The number of carbonyl (C=O) groups excluding carboxylic acids is 1. The highest BCUT2D eigenvalue weighted by atomic mass is 16.6. The summed E-state index contributed by atoms with van der Waals surface area (Å²) in [6.45, 7) is 4.00. The molecule has 1 unspecified atom stereocenters. The van der Waals surface area contributed by atoms with Crippen LogP contribution in [-0.4, -0.2) is 16.9 Å². The summed E-state index contributed by atoms with van der Waals surface area (Å²) in [5.41, 5.74) is 2.07. The van der Waals surface area contributed by atoms with E-state index in [2.05, 4.69) is 17.7 Å². The Balaban J connectivity index is 2.85. The summed E-state index contributed by atoms with van der Waals surface area (Å²) in [7, 11) is 0. The summed E-state index contributed by atoms with van der Waals surface area (Å²) < 4.78 is 0. The molecule has 0 radical (unpaired) electrons. The number of nitrogen functional groups attached to an aromatic ring is 1. The van der Waals surface area contributed by atoms with E-state index in [9.17, 15) is 14.9 Å². The van der Waals surface area contributed by atoms with Crippen LogP contribution in [0.4, 0.5) is 11.4 Å². The molecule has 0 aliphatic carbocycles. The summed E-state index contributed by atoms with van der Waals surface area (Å²) in [5.74, 6) is 4.80.